The predicted molar refractivity (Wildman–Crippen MR) is 88.5 cm³/mol. The van der Waals surface area contributed by atoms with Crippen LogP contribution in [0.25, 0.3) is 0 Å². The van der Waals surface area contributed by atoms with Crippen LogP contribution in [-0.4, -0.2) is 21.4 Å². The van der Waals surface area contributed by atoms with Gasteiger partial charge in [-0.1, -0.05) is 45.9 Å². The zero-order valence-corrected chi connectivity index (χ0v) is 14.5. The van der Waals surface area contributed by atoms with Gasteiger partial charge in [0, 0.05) is 18.5 Å². The quantitative estimate of drug-likeness (QED) is 0.852. The molecule has 1 N–H and O–H groups in total. The highest BCUT2D eigenvalue weighted by Crippen LogP contribution is 2.30. The summed E-state index contributed by atoms with van der Waals surface area (Å²) in [6, 6.07) is 5.52. The molecule has 1 aromatic carbocycles. The number of hydrogen-bond donors (Lipinski definition) is 1. The van der Waals surface area contributed by atoms with E-state index in [1.165, 1.54) is 12.1 Å². The molecule has 0 fully saturated rings. The molecule has 0 aliphatic rings. The number of H-pyrrole nitrogens is 1. The third kappa shape index (κ3) is 4.60. The summed E-state index contributed by atoms with van der Waals surface area (Å²) in [5, 5.41) is 0. The molecule has 0 unspecified atom stereocenters. The highest BCUT2D eigenvalue weighted by Gasteiger charge is 2.30. The van der Waals surface area contributed by atoms with E-state index in [9.17, 15) is 13.2 Å². The van der Waals surface area contributed by atoms with E-state index >= 15 is 0 Å². The van der Waals surface area contributed by atoms with Gasteiger partial charge < -0.3 is 4.98 Å². The van der Waals surface area contributed by atoms with Crippen LogP contribution in [0.15, 0.2) is 30.6 Å². The first-order chi connectivity index (χ1) is 11.1. The number of aromatic nitrogens is 2. The maximum absolute atomic E-state index is 12.8. The van der Waals surface area contributed by atoms with Crippen LogP contribution in [0.2, 0.25) is 0 Å². The van der Waals surface area contributed by atoms with Gasteiger partial charge in [0.15, 0.2) is 0 Å². The van der Waals surface area contributed by atoms with E-state index in [-0.39, 0.29) is 5.41 Å². The summed E-state index contributed by atoms with van der Waals surface area (Å²) >= 11 is 0. The van der Waals surface area contributed by atoms with Crippen molar-refractivity contribution in [1.29, 1.82) is 0 Å². The van der Waals surface area contributed by atoms with Crippen LogP contribution in [0.5, 0.6) is 0 Å². The lowest BCUT2D eigenvalue weighted by atomic mass is 9.90. The van der Waals surface area contributed by atoms with Crippen LogP contribution in [0.3, 0.4) is 0 Å². The van der Waals surface area contributed by atoms with E-state index in [2.05, 4.69) is 35.6 Å². The van der Waals surface area contributed by atoms with Crippen molar-refractivity contribution in [2.75, 3.05) is 6.54 Å². The van der Waals surface area contributed by atoms with Crippen LogP contribution in [0, 0.1) is 0 Å². The number of imidazole rings is 1. The second-order valence-corrected chi connectivity index (χ2v) is 6.98. The minimum Gasteiger partial charge on any atom is -0.347 e. The Morgan fingerprint density at radius 2 is 1.83 bits per heavy atom. The molecule has 2 rings (SSSR count). The highest BCUT2D eigenvalue weighted by molar-refractivity contribution is 5.26. The summed E-state index contributed by atoms with van der Waals surface area (Å²) in [6.45, 7) is 10.1. The number of aromatic amines is 1. The third-order valence-electron chi connectivity index (χ3n) is 3.92. The van der Waals surface area contributed by atoms with Gasteiger partial charge in [-0.25, -0.2) is 4.98 Å². The van der Waals surface area contributed by atoms with Crippen molar-refractivity contribution in [2.24, 2.45) is 0 Å². The monoisotopic (exact) mass is 339 g/mol. The van der Waals surface area contributed by atoms with E-state index in [1.807, 2.05) is 6.92 Å². The largest absolute Gasteiger partial charge is 0.416 e. The minimum absolute atomic E-state index is 0.0784. The molecule has 1 heterocycles. The zero-order chi connectivity index (χ0) is 18.0. The molecule has 0 atom stereocenters. The van der Waals surface area contributed by atoms with Gasteiger partial charge in [-0.3, -0.25) is 4.90 Å². The molecule has 0 saturated heterocycles. The van der Waals surface area contributed by atoms with Crippen LogP contribution in [0.4, 0.5) is 13.2 Å². The molecule has 24 heavy (non-hydrogen) atoms. The summed E-state index contributed by atoms with van der Waals surface area (Å²) < 4.78 is 38.5. The average Bonchev–Trinajstić information content (AvgIpc) is 2.94. The Labute approximate surface area is 140 Å². The van der Waals surface area contributed by atoms with E-state index < -0.39 is 11.7 Å². The maximum Gasteiger partial charge on any atom is 0.416 e. The zero-order valence-electron chi connectivity index (χ0n) is 14.5. The maximum atomic E-state index is 12.8. The Morgan fingerprint density at radius 3 is 2.42 bits per heavy atom. The molecular formula is C18H24F3N3. The topological polar surface area (TPSA) is 31.9 Å². The van der Waals surface area contributed by atoms with Gasteiger partial charge in [0.2, 0.25) is 0 Å². The molecule has 2 aromatic rings. The fourth-order valence-corrected chi connectivity index (χ4v) is 2.70. The number of benzene rings is 1. The first-order valence-electron chi connectivity index (χ1n) is 8.02. The van der Waals surface area contributed by atoms with Gasteiger partial charge in [-0.2, -0.15) is 13.2 Å². The summed E-state index contributed by atoms with van der Waals surface area (Å²) in [6.07, 6.45) is -2.64. The molecule has 132 valence electrons. The number of nitrogens with zero attached hydrogens (tertiary/aromatic N) is 2. The first-order valence-corrected chi connectivity index (χ1v) is 8.02. The lowest BCUT2D eigenvalue weighted by molar-refractivity contribution is -0.137. The molecule has 0 aliphatic carbocycles. The van der Waals surface area contributed by atoms with Crippen LogP contribution in [0.1, 0.15) is 50.2 Å². The van der Waals surface area contributed by atoms with Crippen LogP contribution < -0.4 is 0 Å². The Hall–Kier alpha value is -1.82. The van der Waals surface area contributed by atoms with E-state index in [0.717, 1.165) is 24.0 Å². The van der Waals surface area contributed by atoms with Crippen molar-refractivity contribution >= 4 is 0 Å². The Balaban J connectivity index is 2.15. The second kappa shape index (κ2) is 6.97. The average molecular weight is 339 g/mol. The van der Waals surface area contributed by atoms with Gasteiger partial charge in [0.05, 0.1) is 23.3 Å². The van der Waals surface area contributed by atoms with Crippen LogP contribution in [-0.2, 0) is 24.7 Å². The number of rotatable bonds is 5. The third-order valence-corrected chi connectivity index (χ3v) is 3.92. The fourth-order valence-electron chi connectivity index (χ4n) is 2.70. The Bertz CT molecular complexity index is 669. The molecule has 0 amide bonds. The SMILES string of the molecule is CCN(Cc1cccc(C(F)(F)F)c1)Cc1[nH]cnc1C(C)(C)C. The Kier molecular flexibility index (Phi) is 5.38. The van der Waals surface area contributed by atoms with Crippen molar-refractivity contribution < 1.29 is 13.2 Å². The van der Waals surface area contributed by atoms with Crippen molar-refractivity contribution in [2.45, 2.75) is 52.4 Å². The molecule has 0 radical (unpaired) electrons. The number of alkyl halides is 3. The molecule has 0 bridgehead atoms. The van der Waals surface area contributed by atoms with Gasteiger partial charge in [-0.05, 0) is 18.2 Å². The van der Waals surface area contributed by atoms with E-state index in [0.29, 0.717) is 18.7 Å². The van der Waals surface area contributed by atoms with Crippen LogP contribution >= 0.6 is 0 Å². The summed E-state index contributed by atoms with van der Waals surface area (Å²) in [7, 11) is 0. The number of halogens is 3. The molecular weight excluding hydrogens is 315 g/mol. The van der Waals surface area contributed by atoms with Crippen molar-refractivity contribution in [3.05, 3.63) is 53.1 Å². The minimum atomic E-state index is -4.31. The number of hydrogen-bond acceptors (Lipinski definition) is 2. The lowest BCUT2D eigenvalue weighted by Crippen LogP contribution is -2.25. The lowest BCUT2D eigenvalue weighted by Gasteiger charge is -2.23. The van der Waals surface area contributed by atoms with Crippen molar-refractivity contribution in [1.82, 2.24) is 14.9 Å². The van der Waals surface area contributed by atoms with E-state index in [4.69, 9.17) is 0 Å². The standard InChI is InChI=1S/C18H24F3N3/c1-5-24(11-15-16(17(2,3)4)23-12-22-15)10-13-7-6-8-14(9-13)18(19,20)21/h6-9,12H,5,10-11H2,1-4H3,(H,22,23). The first kappa shape index (κ1) is 18.5. The second-order valence-electron chi connectivity index (χ2n) is 6.98. The van der Waals surface area contributed by atoms with Gasteiger partial charge in [0.1, 0.15) is 0 Å². The van der Waals surface area contributed by atoms with Gasteiger partial charge in [0.25, 0.3) is 0 Å². The molecule has 6 heteroatoms. The molecule has 0 spiro atoms. The summed E-state index contributed by atoms with van der Waals surface area (Å²) in [5.41, 5.74) is 1.98. The van der Waals surface area contributed by atoms with Gasteiger partial charge >= 0.3 is 6.18 Å². The Morgan fingerprint density at radius 1 is 1.12 bits per heavy atom. The van der Waals surface area contributed by atoms with Gasteiger partial charge in [-0.15, -0.1) is 0 Å². The molecule has 0 aliphatic heterocycles. The molecule has 0 saturated carbocycles. The van der Waals surface area contributed by atoms with E-state index in [1.54, 1.807) is 12.4 Å². The number of nitrogens with one attached hydrogen (secondary N) is 1. The smallest absolute Gasteiger partial charge is 0.347 e. The van der Waals surface area contributed by atoms with Crippen molar-refractivity contribution in [3.8, 4) is 0 Å². The van der Waals surface area contributed by atoms with Crippen molar-refractivity contribution in [3.63, 3.8) is 0 Å². The summed E-state index contributed by atoms with van der Waals surface area (Å²) in [4.78, 5) is 9.66. The normalized spacial score (nSPS) is 12.8. The highest BCUT2D eigenvalue weighted by atomic mass is 19.4. The molecule has 1 aromatic heterocycles. The fraction of sp³-hybridized carbons (Fsp3) is 0.500. The summed E-state index contributed by atoms with van der Waals surface area (Å²) in [5.74, 6) is 0. The molecule has 3 nitrogen and oxygen atoms in total. The predicted octanol–water partition coefficient (Wildman–Crippen LogP) is 4.75.